The van der Waals surface area contributed by atoms with Gasteiger partial charge in [0, 0.05) is 18.5 Å². The molecule has 2 aliphatic rings. The Bertz CT molecular complexity index is 451. The molecular weight excluding hydrogens is 302 g/mol. The molecule has 2 aliphatic carbocycles. The molecule has 0 bridgehead atoms. The van der Waals surface area contributed by atoms with Crippen molar-refractivity contribution in [3.63, 3.8) is 0 Å². The van der Waals surface area contributed by atoms with Gasteiger partial charge < -0.3 is 5.32 Å². The molecule has 0 aromatic carbocycles. The molecule has 2 fully saturated rings. The molecule has 0 amide bonds. The summed E-state index contributed by atoms with van der Waals surface area (Å²) in [5, 5.41) is 3.54. The quantitative estimate of drug-likeness (QED) is 0.829. The van der Waals surface area contributed by atoms with Crippen LogP contribution in [-0.2, 0) is 0 Å². The predicted octanol–water partition coefficient (Wildman–Crippen LogP) is 4.50. The molecule has 1 heterocycles. The van der Waals surface area contributed by atoms with Gasteiger partial charge in [-0.15, -0.1) is 0 Å². The third-order valence-corrected chi connectivity index (χ3v) is 4.82. The zero-order chi connectivity index (χ0) is 13.3. The van der Waals surface area contributed by atoms with Crippen molar-refractivity contribution in [1.82, 2.24) is 9.97 Å². The lowest BCUT2D eigenvalue weighted by Gasteiger charge is -2.33. The van der Waals surface area contributed by atoms with Crippen LogP contribution in [-0.4, -0.2) is 16.5 Å². The zero-order valence-electron chi connectivity index (χ0n) is 11.6. The van der Waals surface area contributed by atoms with E-state index >= 15 is 0 Å². The van der Waals surface area contributed by atoms with E-state index in [1.807, 2.05) is 6.07 Å². The highest BCUT2D eigenvalue weighted by molar-refractivity contribution is 9.10. The molecule has 3 rings (SSSR count). The van der Waals surface area contributed by atoms with Gasteiger partial charge in [0.1, 0.15) is 16.2 Å². The number of hydrogen-bond acceptors (Lipinski definition) is 3. The van der Waals surface area contributed by atoms with Crippen molar-refractivity contribution in [2.75, 3.05) is 11.9 Å². The molecule has 1 N–H and O–H groups in total. The van der Waals surface area contributed by atoms with Crippen LogP contribution in [0.1, 0.15) is 63.6 Å². The van der Waals surface area contributed by atoms with Crippen molar-refractivity contribution in [3.05, 3.63) is 16.5 Å². The van der Waals surface area contributed by atoms with Gasteiger partial charge in [-0.25, -0.2) is 9.97 Å². The first-order valence-corrected chi connectivity index (χ1v) is 8.22. The van der Waals surface area contributed by atoms with E-state index in [0.717, 1.165) is 22.8 Å². The highest BCUT2D eigenvalue weighted by Crippen LogP contribution is 2.39. The minimum atomic E-state index is 0.440. The summed E-state index contributed by atoms with van der Waals surface area (Å²) in [6.45, 7) is 3.43. The first-order valence-electron chi connectivity index (χ1n) is 7.43. The third-order valence-electron chi connectivity index (χ3n) is 4.41. The summed E-state index contributed by atoms with van der Waals surface area (Å²) in [5.74, 6) is 2.59. The van der Waals surface area contributed by atoms with Crippen molar-refractivity contribution in [1.29, 1.82) is 0 Å². The van der Waals surface area contributed by atoms with Gasteiger partial charge in [-0.1, -0.05) is 26.2 Å². The summed E-state index contributed by atoms with van der Waals surface area (Å²) in [6.07, 6.45) is 9.31. The van der Waals surface area contributed by atoms with Crippen LogP contribution in [0.5, 0.6) is 0 Å². The first-order chi connectivity index (χ1) is 9.15. The topological polar surface area (TPSA) is 37.8 Å². The van der Waals surface area contributed by atoms with Gasteiger partial charge in [0.25, 0.3) is 0 Å². The van der Waals surface area contributed by atoms with Gasteiger partial charge in [0.2, 0.25) is 0 Å². The smallest absolute Gasteiger partial charge is 0.135 e. The van der Waals surface area contributed by atoms with E-state index in [-0.39, 0.29) is 0 Å². The Morgan fingerprint density at radius 1 is 1.26 bits per heavy atom. The molecule has 0 aliphatic heterocycles. The normalized spacial score (nSPS) is 22.2. The Balaban J connectivity index is 1.65. The van der Waals surface area contributed by atoms with Gasteiger partial charge in [-0.05, 0) is 47.0 Å². The van der Waals surface area contributed by atoms with Crippen LogP contribution in [0.3, 0.4) is 0 Å². The second-order valence-corrected chi connectivity index (χ2v) is 7.25. The molecule has 0 spiro atoms. The second-order valence-electron chi connectivity index (χ2n) is 6.43. The Labute approximate surface area is 123 Å². The van der Waals surface area contributed by atoms with Crippen molar-refractivity contribution in [2.45, 2.75) is 57.8 Å². The SMILES string of the molecule is CC1(CNc2cc(Br)nc(C3CC3)n2)CCCCC1. The molecular formula is C15H22BrN3. The maximum absolute atomic E-state index is 4.66. The summed E-state index contributed by atoms with van der Waals surface area (Å²) in [7, 11) is 0. The highest BCUT2D eigenvalue weighted by Gasteiger charge is 2.28. The van der Waals surface area contributed by atoms with Crippen LogP contribution in [0.15, 0.2) is 10.7 Å². The monoisotopic (exact) mass is 323 g/mol. The Morgan fingerprint density at radius 3 is 2.68 bits per heavy atom. The lowest BCUT2D eigenvalue weighted by molar-refractivity contribution is 0.233. The molecule has 0 atom stereocenters. The van der Waals surface area contributed by atoms with E-state index in [4.69, 9.17) is 0 Å². The molecule has 4 heteroatoms. The van der Waals surface area contributed by atoms with E-state index in [1.165, 1.54) is 44.9 Å². The van der Waals surface area contributed by atoms with Gasteiger partial charge in [-0.2, -0.15) is 0 Å². The van der Waals surface area contributed by atoms with Crippen molar-refractivity contribution < 1.29 is 0 Å². The number of aromatic nitrogens is 2. The summed E-state index contributed by atoms with van der Waals surface area (Å²) >= 11 is 3.50. The lowest BCUT2D eigenvalue weighted by Crippen LogP contribution is -2.29. The van der Waals surface area contributed by atoms with Crippen LogP contribution >= 0.6 is 15.9 Å². The lowest BCUT2D eigenvalue weighted by atomic mass is 9.76. The van der Waals surface area contributed by atoms with E-state index < -0.39 is 0 Å². The number of hydrogen-bond donors (Lipinski definition) is 1. The Morgan fingerprint density at radius 2 is 2.00 bits per heavy atom. The molecule has 104 valence electrons. The fraction of sp³-hybridized carbons (Fsp3) is 0.733. The fourth-order valence-corrected chi connectivity index (χ4v) is 3.33. The van der Waals surface area contributed by atoms with Crippen LogP contribution in [0.25, 0.3) is 0 Å². The van der Waals surface area contributed by atoms with Crippen LogP contribution < -0.4 is 5.32 Å². The second kappa shape index (κ2) is 5.39. The van der Waals surface area contributed by atoms with E-state index in [9.17, 15) is 0 Å². The molecule has 0 unspecified atom stereocenters. The minimum absolute atomic E-state index is 0.440. The van der Waals surface area contributed by atoms with Crippen molar-refractivity contribution in [3.8, 4) is 0 Å². The summed E-state index contributed by atoms with van der Waals surface area (Å²) < 4.78 is 0.903. The van der Waals surface area contributed by atoms with Crippen LogP contribution in [0.4, 0.5) is 5.82 Å². The standard InChI is InChI=1S/C15H22BrN3/c1-15(7-3-2-4-8-15)10-17-13-9-12(16)18-14(19-13)11-5-6-11/h9,11H,2-8,10H2,1H3,(H,17,18,19). The molecule has 0 saturated heterocycles. The third kappa shape index (κ3) is 3.47. The van der Waals surface area contributed by atoms with Gasteiger partial charge in [0.15, 0.2) is 0 Å². The van der Waals surface area contributed by atoms with E-state index in [1.54, 1.807) is 0 Å². The average molecular weight is 324 g/mol. The summed E-state index contributed by atoms with van der Waals surface area (Å²) in [5.41, 5.74) is 0.440. The highest BCUT2D eigenvalue weighted by atomic mass is 79.9. The van der Waals surface area contributed by atoms with Crippen LogP contribution in [0.2, 0.25) is 0 Å². The first kappa shape index (κ1) is 13.3. The number of nitrogens with one attached hydrogen (secondary N) is 1. The zero-order valence-corrected chi connectivity index (χ0v) is 13.2. The fourth-order valence-electron chi connectivity index (χ4n) is 2.94. The maximum atomic E-state index is 4.66. The van der Waals surface area contributed by atoms with E-state index in [0.29, 0.717) is 11.3 Å². The molecule has 3 nitrogen and oxygen atoms in total. The summed E-state index contributed by atoms with van der Waals surface area (Å²) in [4.78, 5) is 9.13. The molecule has 1 aromatic heterocycles. The number of rotatable bonds is 4. The minimum Gasteiger partial charge on any atom is -0.369 e. The molecule has 1 aromatic rings. The van der Waals surface area contributed by atoms with Crippen LogP contribution in [0, 0.1) is 5.41 Å². The van der Waals surface area contributed by atoms with Crippen molar-refractivity contribution >= 4 is 21.7 Å². The van der Waals surface area contributed by atoms with Gasteiger partial charge >= 0.3 is 0 Å². The summed E-state index contributed by atoms with van der Waals surface area (Å²) in [6, 6.07) is 2.00. The van der Waals surface area contributed by atoms with Gasteiger partial charge in [-0.3, -0.25) is 0 Å². The number of nitrogens with zero attached hydrogens (tertiary/aromatic N) is 2. The maximum Gasteiger partial charge on any atom is 0.135 e. The number of anilines is 1. The molecule has 0 radical (unpaired) electrons. The number of halogens is 1. The predicted molar refractivity (Wildman–Crippen MR) is 81.4 cm³/mol. The molecule has 19 heavy (non-hydrogen) atoms. The van der Waals surface area contributed by atoms with Gasteiger partial charge in [0.05, 0.1) is 0 Å². The van der Waals surface area contributed by atoms with E-state index in [2.05, 4.69) is 38.1 Å². The average Bonchev–Trinajstić information content (AvgIpc) is 3.21. The van der Waals surface area contributed by atoms with Crippen molar-refractivity contribution in [2.24, 2.45) is 5.41 Å². The molecule has 2 saturated carbocycles. The Kier molecular flexibility index (Phi) is 3.79. The largest absolute Gasteiger partial charge is 0.369 e. The Hall–Kier alpha value is -0.640.